The Morgan fingerprint density at radius 3 is 2.62 bits per heavy atom. The van der Waals surface area contributed by atoms with Crippen molar-refractivity contribution in [3.05, 3.63) is 51.2 Å². The van der Waals surface area contributed by atoms with Gasteiger partial charge in [-0.15, -0.1) is 11.3 Å². The molecule has 0 bridgehead atoms. The fraction of sp³-hybridized carbons (Fsp3) is 0.500. The van der Waals surface area contributed by atoms with E-state index in [0.717, 1.165) is 25.7 Å². The summed E-state index contributed by atoms with van der Waals surface area (Å²) in [5.41, 5.74) is 2.00. The Balaban J connectivity index is 1.33. The van der Waals surface area contributed by atoms with Crippen molar-refractivity contribution in [3.8, 4) is 0 Å². The van der Waals surface area contributed by atoms with Crippen LogP contribution in [0.3, 0.4) is 0 Å². The molecule has 2 heterocycles. The van der Waals surface area contributed by atoms with Crippen molar-refractivity contribution in [1.29, 1.82) is 0 Å². The number of hydrogen-bond acceptors (Lipinski definition) is 3. The van der Waals surface area contributed by atoms with E-state index in [1.165, 1.54) is 59.9 Å². The highest BCUT2D eigenvalue weighted by Gasteiger charge is 2.34. The summed E-state index contributed by atoms with van der Waals surface area (Å²) in [6.07, 6.45) is 1.78. The lowest BCUT2D eigenvalue weighted by Gasteiger charge is -2.31. The molecule has 1 N–H and O–H groups in total. The minimum Gasteiger partial charge on any atom is -0.325 e. The maximum absolute atomic E-state index is 13.1. The second-order valence-electron chi connectivity index (χ2n) is 7.95. The minimum atomic E-state index is -4.48. The zero-order valence-corrected chi connectivity index (χ0v) is 17.0. The van der Waals surface area contributed by atoms with Gasteiger partial charge in [0.15, 0.2) is 0 Å². The van der Waals surface area contributed by atoms with Crippen LogP contribution in [0.15, 0.2) is 29.6 Å². The van der Waals surface area contributed by atoms with Crippen LogP contribution in [0, 0.1) is 5.92 Å². The average Bonchev–Trinajstić information content (AvgIpc) is 3.11. The van der Waals surface area contributed by atoms with Crippen LogP contribution in [0.2, 0.25) is 0 Å². The lowest BCUT2D eigenvalue weighted by Crippen LogP contribution is -2.38. The van der Waals surface area contributed by atoms with E-state index in [2.05, 4.69) is 15.6 Å². The number of alkyl halides is 3. The van der Waals surface area contributed by atoms with E-state index in [9.17, 15) is 18.0 Å². The van der Waals surface area contributed by atoms with Gasteiger partial charge in [-0.1, -0.05) is 12.1 Å². The first-order valence-electron chi connectivity index (χ1n) is 10.2. The van der Waals surface area contributed by atoms with E-state index in [-0.39, 0.29) is 17.5 Å². The van der Waals surface area contributed by atoms with Crippen molar-refractivity contribution in [2.75, 3.05) is 18.4 Å². The van der Waals surface area contributed by atoms with Crippen LogP contribution in [-0.2, 0) is 30.4 Å². The topological polar surface area (TPSA) is 32.3 Å². The van der Waals surface area contributed by atoms with E-state index in [1.54, 1.807) is 0 Å². The largest absolute Gasteiger partial charge is 0.418 e. The second kappa shape index (κ2) is 8.48. The summed E-state index contributed by atoms with van der Waals surface area (Å²) in [4.78, 5) is 16.5. The number of halogens is 3. The maximum atomic E-state index is 13.1. The molecule has 7 heteroatoms. The minimum absolute atomic E-state index is 0.155. The summed E-state index contributed by atoms with van der Waals surface area (Å²) in [7, 11) is 0. The molecule has 0 atom stereocenters. The number of carbonyl (C=O) groups excluding carboxylic acids is 1. The van der Waals surface area contributed by atoms with Crippen LogP contribution in [0.4, 0.5) is 18.9 Å². The summed E-state index contributed by atoms with van der Waals surface area (Å²) in [5.74, 6) is -0.557. The van der Waals surface area contributed by atoms with Gasteiger partial charge in [-0.05, 0) is 80.3 Å². The van der Waals surface area contributed by atoms with Crippen molar-refractivity contribution in [1.82, 2.24) is 4.90 Å². The first-order chi connectivity index (χ1) is 13.9. The summed E-state index contributed by atoms with van der Waals surface area (Å²) >= 11 is 1.87. The number of amides is 1. The molecule has 1 fully saturated rings. The third-order valence-electron chi connectivity index (χ3n) is 5.99. The summed E-state index contributed by atoms with van der Waals surface area (Å²) in [6, 6.07) is 5.16. The van der Waals surface area contributed by atoms with Gasteiger partial charge in [0.25, 0.3) is 0 Å². The van der Waals surface area contributed by atoms with Gasteiger partial charge < -0.3 is 5.32 Å². The van der Waals surface area contributed by atoms with Gasteiger partial charge in [0.2, 0.25) is 5.91 Å². The molecular weight excluding hydrogens is 397 g/mol. The number of piperidine rings is 1. The molecule has 1 aromatic heterocycles. The summed E-state index contributed by atoms with van der Waals surface area (Å²) < 4.78 is 39.4. The van der Waals surface area contributed by atoms with Crippen molar-refractivity contribution in [2.45, 2.75) is 51.2 Å². The van der Waals surface area contributed by atoms with Gasteiger partial charge in [0.05, 0.1) is 11.3 Å². The van der Waals surface area contributed by atoms with Crippen LogP contribution in [0.25, 0.3) is 0 Å². The highest BCUT2D eigenvalue weighted by molar-refractivity contribution is 7.10. The Labute approximate surface area is 172 Å². The van der Waals surface area contributed by atoms with Crippen molar-refractivity contribution < 1.29 is 18.0 Å². The molecule has 2 aromatic rings. The molecule has 156 valence electrons. The molecule has 0 radical (unpaired) electrons. The molecule has 0 spiro atoms. The smallest absolute Gasteiger partial charge is 0.325 e. The van der Waals surface area contributed by atoms with Gasteiger partial charge in [0.1, 0.15) is 0 Å². The predicted octanol–water partition coefficient (Wildman–Crippen LogP) is 5.50. The van der Waals surface area contributed by atoms with Crippen molar-refractivity contribution in [3.63, 3.8) is 0 Å². The van der Waals surface area contributed by atoms with Crippen LogP contribution in [0.5, 0.6) is 0 Å². The van der Waals surface area contributed by atoms with E-state index in [1.807, 2.05) is 11.3 Å². The van der Waals surface area contributed by atoms with Crippen LogP contribution >= 0.6 is 11.3 Å². The number of para-hydroxylation sites is 1. The Hall–Kier alpha value is -1.86. The standard InChI is InChI=1S/C22H25F3N2OS/c23-22(24,25)18-6-2-3-7-19(18)26-21(28)15-9-11-27(12-10-15)13-16-14-29-20-8-4-1-5-17(16)20/h2-3,6-7,14-15H,1,4-5,8-13H2,(H,26,28). The van der Waals surface area contributed by atoms with Gasteiger partial charge in [-0.3, -0.25) is 9.69 Å². The summed E-state index contributed by atoms with van der Waals surface area (Å²) in [6.45, 7) is 2.50. The fourth-order valence-electron chi connectivity index (χ4n) is 4.36. The van der Waals surface area contributed by atoms with Gasteiger partial charge in [-0.25, -0.2) is 0 Å². The lowest BCUT2D eigenvalue weighted by molar-refractivity contribution is -0.137. The number of carbonyl (C=O) groups is 1. The average molecular weight is 423 g/mol. The van der Waals surface area contributed by atoms with E-state index in [0.29, 0.717) is 12.8 Å². The first-order valence-corrected chi connectivity index (χ1v) is 11.1. The lowest BCUT2D eigenvalue weighted by atomic mass is 9.93. The molecule has 1 amide bonds. The molecule has 2 aliphatic rings. The molecule has 0 unspecified atom stereocenters. The number of aryl methyl sites for hydroxylation is 1. The highest BCUT2D eigenvalue weighted by Crippen LogP contribution is 2.35. The monoisotopic (exact) mass is 422 g/mol. The molecule has 1 saturated heterocycles. The third kappa shape index (κ3) is 4.67. The zero-order chi connectivity index (χ0) is 20.4. The van der Waals surface area contributed by atoms with Crippen molar-refractivity contribution >= 4 is 22.9 Å². The third-order valence-corrected chi connectivity index (χ3v) is 7.13. The van der Waals surface area contributed by atoms with Gasteiger partial charge in [-0.2, -0.15) is 13.2 Å². The van der Waals surface area contributed by atoms with Crippen LogP contribution in [0.1, 0.15) is 47.3 Å². The summed E-state index contributed by atoms with van der Waals surface area (Å²) in [5, 5.41) is 4.79. The molecular formula is C22H25F3N2OS. The van der Waals surface area contributed by atoms with Gasteiger partial charge in [0, 0.05) is 17.3 Å². The SMILES string of the molecule is O=C(Nc1ccccc1C(F)(F)F)C1CCN(Cc2csc3c2CCCC3)CC1. The fourth-order valence-corrected chi connectivity index (χ4v) is 5.50. The van der Waals surface area contributed by atoms with Crippen LogP contribution < -0.4 is 5.32 Å². The van der Waals surface area contributed by atoms with E-state index in [4.69, 9.17) is 0 Å². The molecule has 1 aliphatic heterocycles. The van der Waals surface area contributed by atoms with Crippen molar-refractivity contribution in [2.24, 2.45) is 5.92 Å². The molecule has 3 nitrogen and oxygen atoms in total. The Morgan fingerprint density at radius 1 is 1.14 bits per heavy atom. The van der Waals surface area contributed by atoms with E-state index < -0.39 is 11.7 Å². The maximum Gasteiger partial charge on any atom is 0.418 e. The number of nitrogens with zero attached hydrogens (tertiary/aromatic N) is 1. The molecule has 4 rings (SSSR count). The first kappa shape index (κ1) is 20.4. The Kier molecular flexibility index (Phi) is 5.97. The number of likely N-dealkylation sites (tertiary alicyclic amines) is 1. The predicted molar refractivity (Wildman–Crippen MR) is 109 cm³/mol. The number of rotatable bonds is 4. The van der Waals surface area contributed by atoms with E-state index >= 15 is 0 Å². The van der Waals surface area contributed by atoms with Crippen LogP contribution in [-0.4, -0.2) is 23.9 Å². The van der Waals surface area contributed by atoms with Gasteiger partial charge >= 0.3 is 6.18 Å². The Morgan fingerprint density at radius 2 is 1.86 bits per heavy atom. The quantitative estimate of drug-likeness (QED) is 0.706. The molecule has 1 aliphatic carbocycles. The molecule has 29 heavy (non-hydrogen) atoms. The molecule has 0 saturated carbocycles. The highest BCUT2D eigenvalue weighted by atomic mass is 32.1. The number of hydrogen-bond donors (Lipinski definition) is 1. The number of benzene rings is 1. The number of anilines is 1. The zero-order valence-electron chi connectivity index (χ0n) is 16.2. The number of fused-ring (bicyclic) bond motifs is 1. The number of nitrogens with one attached hydrogen (secondary N) is 1. The number of thiophene rings is 1. The normalized spacial score (nSPS) is 18.4. The molecule has 1 aromatic carbocycles. The Bertz CT molecular complexity index is 869. The second-order valence-corrected chi connectivity index (χ2v) is 8.92.